The van der Waals surface area contributed by atoms with Gasteiger partial charge in [-0.05, 0) is 80.9 Å². The van der Waals surface area contributed by atoms with Crippen LogP contribution >= 0.6 is 0 Å². The van der Waals surface area contributed by atoms with E-state index in [4.69, 9.17) is 15.0 Å². The first-order chi connectivity index (χ1) is 25.3. The molecule has 238 valence electrons. The van der Waals surface area contributed by atoms with E-state index in [2.05, 4.69) is 132 Å². The second-order valence-corrected chi connectivity index (χ2v) is 13.1. The van der Waals surface area contributed by atoms with Crippen LogP contribution in [0.5, 0.6) is 0 Å². The molecule has 3 heterocycles. The Kier molecular flexibility index (Phi) is 6.68. The predicted molar refractivity (Wildman–Crippen MR) is 206 cm³/mol. The van der Waals surface area contributed by atoms with Crippen molar-refractivity contribution >= 4 is 12.2 Å². The standard InChI is InChI=1S/C47H30N4/c1-2-13-33(14-3-1)46-50-44(28-45(51-46)36-23-25-43(49-30-36)35-15-10-26-48-29-35)34-22-24-42-38(27-34)37-16-6-9-19-41(37)47(42)39-17-7-4-11-31(39)20-21-32-12-5-8-18-40(32)47/h1-30H. The summed E-state index contributed by atoms with van der Waals surface area (Å²) in [7, 11) is 0. The minimum atomic E-state index is -0.463. The molecule has 10 rings (SSSR count). The van der Waals surface area contributed by atoms with Gasteiger partial charge < -0.3 is 0 Å². The van der Waals surface area contributed by atoms with Crippen molar-refractivity contribution in [2.75, 3.05) is 0 Å². The number of rotatable bonds is 4. The highest BCUT2D eigenvalue weighted by Gasteiger charge is 2.48. The molecule has 0 aliphatic heterocycles. The zero-order valence-electron chi connectivity index (χ0n) is 27.6. The van der Waals surface area contributed by atoms with E-state index in [1.165, 1.54) is 44.5 Å². The van der Waals surface area contributed by atoms with Crippen molar-refractivity contribution in [1.82, 2.24) is 19.9 Å². The second kappa shape index (κ2) is 11.7. The third-order valence-electron chi connectivity index (χ3n) is 10.3. The van der Waals surface area contributed by atoms with Crippen LogP contribution in [0.3, 0.4) is 0 Å². The van der Waals surface area contributed by atoms with E-state index in [-0.39, 0.29) is 0 Å². The molecule has 3 aromatic heterocycles. The number of pyridine rings is 2. The van der Waals surface area contributed by atoms with Crippen molar-refractivity contribution < 1.29 is 0 Å². The summed E-state index contributed by atoms with van der Waals surface area (Å²) in [4.78, 5) is 19.3. The van der Waals surface area contributed by atoms with Gasteiger partial charge in [0, 0.05) is 40.8 Å². The summed E-state index contributed by atoms with van der Waals surface area (Å²) < 4.78 is 0. The smallest absolute Gasteiger partial charge is 0.160 e. The average molecular weight is 651 g/mol. The SMILES string of the molecule is C1=Cc2ccccc2C2(c3ccccc31)c1ccccc1-c1cc(-c3cc(-c4ccc(-c5cccnc5)nc4)nc(-c4ccccc4)n3)ccc12. The summed E-state index contributed by atoms with van der Waals surface area (Å²) in [5.74, 6) is 0.675. The first-order valence-electron chi connectivity index (χ1n) is 17.2. The van der Waals surface area contributed by atoms with Gasteiger partial charge in [0.05, 0.1) is 22.5 Å². The van der Waals surface area contributed by atoms with Crippen LogP contribution in [0.2, 0.25) is 0 Å². The van der Waals surface area contributed by atoms with Crippen molar-refractivity contribution in [3.05, 3.63) is 204 Å². The van der Waals surface area contributed by atoms with Crippen LogP contribution in [-0.2, 0) is 5.41 Å². The summed E-state index contributed by atoms with van der Waals surface area (Å²) in [6.07, 6.45) is 10.0. The van der Waals surface area contributed by atoms with Gasteiger partial charge in [0.15, 0.2) is 5.82 Å². The fourth-order valence-electron chi connectivity index (χ4n) is 8.01. The number of hydrogen-bond acceptors (Lipinski definition) is 4. The molecule has 2 aliphatic rings. The molecule has 2 aliphatic carbocycles. The van der Waals surface area contributed by atoms with Gasteiger partial charge >= 0.3 is 0 Å². The molecule has 0 bridgehead atoms. The Morgan fingerprint density at radius 1 is 0.392 bits per heavy atom. The highest BCUT2D eigenvalue weighted by atomic mass is 14.9. The first kappa shape index (κ1) is 29.2. The Labute approximate surface area is 296 Å². The van der Waals surface area contributed by atoms with Crippen LogP contribution in [0.15, 0.2) is 170 Å². The Morgan fingerprint density at radius 3 is 1.71 bits per heavy atom. The van der Waals surface area contributed by atoms with Crippen LogP contribution in [0, 0.1) is 0 Å². The second-order valence-electron chi connectivity index (χ2n) is 13.1. The van der Waals surface area contributed by atoms with Gasteiger partial charge in [-0.25, -0.2) is 9.97 Å². The van der Waals surface area contributed by atoms with E-state index in [9.17, 15) is 0 Å². The minimum Gasteiger partial charge on any atom is -0.264 e. The molecule has 0 saturated carbocycles. The van der Waals surface area contributed by atoms with Crippen molar-refractivity contribution in [2.45, 2.75) is 5.41 Å². The number of benzene rings is 5. The molecule has 4 heteroatoms. The molecule has 0 saturated heterocycles. The molecule has 0 unspecified atom stereocenters. The Hall–Kier alpha value is -6.78. The van der Waals surface area contributed by atoms with E-state index in [1.807, 2.05) is 48.8 Å². The van der Waals surface area contributed by atoms with Gasteiger partial charge in [-0.3, -0.25) is 9.97 Å². The normalized spacial score (nSPS) is 13.2. The van der Waals surface area contributed by atoms with Gasteiger partial charge in [-0.2, -0.15) is 0 Å². The minimum absolute atomic E-state index is 0.463. The van der Waals surface area contributed by atoms with Crippen molar-refractivity contribution in [3.8, 4) is 56.3 Å². The molecule has 0 N–H and O–H groups in total. The Bertz CT molecular complexity index is 2580. The van der Waals surface area contributed by atoms with Crippen molar-refractivity contribution in [1.29, 1.82) is 0 Å². The quantitative estimate of drug-likeness (QED) is 0.190. The third-order valence-corrected chi connectivity index (χ3v) is 10.3. The van der Waals surface area contributed by atoms with Crippen LogP contribution < -0.4 is 0 Å². The molecule has 0 atom stereocenters. The van der Waals surface area contributed by atoms with E-state index in [1.54, 1.807) is 6.20 Å². The van der Waals surface area contributed by atoms with E-state index >= 15 is 0 Å². The lowest BCUT2D eigenvalue weighted by atomic mass is 9.66. The number of hydrogen-bond donors (Lipinski definition) is 0. The molecule has 5 aromatic carbocycles. The summed E-state index contributed by atoms with van der Waals surface area (Å²) >= 11 is 0. The third kappa shape index (κ3) is 4.61. The van der Waals surface area contributed by atoms with E-state index < -0.39 is 5.41 Å². The molecular formula is C47H30N4. The molecule has 0 amide bonds. The average Bonchev–Trinajstić information content (AvgIpc) is 3.41. The van der Waals surface area contributed by atoms with Gasteiger partial charge in [-0.15, -0.1) is 0 Å². The zero-order valence-corrected chi connectivity index (χ0v) is 27.6. The van der Waals surface area contributed by atoms with Crippen LogP contribution in [0.1, 0.15) is 33.4 Å². The van der Waals surface area contributed by atoms with Gasteiger partial charge in [0.1, 0.15) is 0 Å². The largest absolute Gasteiger partial charge is 0.264 e. The van der Waals surface area contributed by atoms with Gasteiger partial charge in [0.25, 0.3) is 0 Å². The molecule has 1 spiro atoms. The highest BCUT2D eigenvalue weighted by molar-refractivity contribution is 5.92. The molecule has 0 radical (unpaired) electrons. The predicted octanol–water partition coefficient (Wildman–Crippen LogP) is 10.8. The first-order valence-corrected chi connectivity index (χ1v) is 17.2. The number of aromatic nitrogens is 4. The van der Waals surface area contributed by atoms with E-state index in [0.717, 1.165) is 39.3 Å². The maximum Gasteiger partial charge on any atom is 0.160 e. The molecule has 0 fully saturated rings. The van der Waals surface area contributed by atoms with Crippen LogP contribution in [-0.4, -0.2) is 19.9 Å². The zero-order chi connectivity index (χ0) is 33.8. The fourth-order valence-corrected chi connectivity index (χ4v) is 8.01. The fraction of sp³-hybridized carbons (Fsp3) is 0.0213. The molecule has 51 heavy (non-hydrogen) atoms. The number of nitrogens with zero attached hydrogens (tertiary/aromatic N) is 4. The van der Waals surface area contributed by atoms with Crippen molar-refractivity contribution in [2.24, 2.45) is 0 Å². The lowest BCUT2D eigenvalue weighted by molar-refractivity contribution is 0.766. The summed E-state index contributed by atoms with van der Waals surface area (Å²) in [6, 6.07) is 53.8. The van der Waals surface area contributed by atoms with Gasteiger partial charge in [0.2, 0.25) is 0 Å². The number of fused-ring (bicyclic) bond motifs is 9. The molecule has 8 aromatic rings. The Morgan fingerprint density at radius 2 is 1.00 bits per heavy atom. The maximum atomic E-state index is 5.19. The monoisotopic (exact) mass is 650 g/mol. The lowest BCUT2D eigenvalue weighted by Crippen LogP contribution is -2.29. The molecular weight excluding hydrogens is 621 g/mol. The summed E-state index contributed by atoms with van der Waals surface area (Å²) in [5.41, 5.74) is 16.1. The summed E-state index contributed by atoms with van der Waals surface area (Å²) in [6.45, 7) is 0. The van der Waals surface area contributed by atoms with Crippen LogP contribution in [0.4, 0.5) is 0 Å². The van der Waals surface area contributed by atoms with Crippen LogP contribution in [0.25, 0.3) is 68.4 Å². The van der Waals surface area contributed by atoms with E-state index in [0.29, 0.717) is 5.82 Å². The van der Waals surface area contributed by atoms with Crippen molar-refractivity contribution in [3.63, 3.8) is 0 Å². The highest BCUT2D eigenvalue weighted by Crippen LogP contribution is 2.58. The topological polar surface area (TPSA) is 51.6 Å². The maximum absolute atomic E-state index is 5.19. The molecule has 4 nitrogen and oxygen atoms in total. The van der Waals surface area contributed by atoms with Gasteiger partial charge in [-0.1, -0.05) is 127 Å². The summed E-state index contributed by atoms with van der Waals surface area (Å²) in [5, 5.41) is 0. The Balaban J connectivity index is 1.17. The lowest BCUT2D eigenvalue weighted by Gasteiger charge is -2.35.